The summed E-state index contributed by atoms with van der Waals surface area (Å²) in [5, 5.41) is 2.96. The van der Waals surface area contributed by atoms with Crippen molar-refractivity contribution in [3.05, 3.63) is 77.3 Å². The van der Waals surface area contributed by atoms with Crippen molar-refractivity contribution in [1.82, 2.24) is 4.72 Å². The lowest BCUT2D eigenvalue weighted by atomic mass is 10.2. The van der Waals surface area contributed by atoms with Gasteiger partial charge in [-0.05, 0) is 80.9 Å². The molecule has 0 aromatic heterocycles. The Hall–Kier alpha value is -3.12. The van der Waals surface area contributed by atoms with Gasteiger partial charge < -0.3 is 10.1 Å². The van der Waals surface area contributed by atoms with E-state index in [0.29, 0.717) is 5.02 Å². The number of nitrogens with one attached hydrogen (secondary N) is 2. The molecule has 0 bridgehead atoms. The van der Waals surface area contributed by atoms with E-state index in [9.17, 15) is 21.6 Å². The molecule has 2 N–H and O–H groups in total. The Labute approximate surface area is 222 Å². The summed E-state index contributed by atoms with van der Waals surface area (Å²) in [6.07, 6.45) is 0. The maximum Gasteiger partial charge on any atom is 0.264 e. The molecule has 1 amide bonds. The van der Waals surface area contributed by atoms with E-state index in [2.05, 4.69) is 10.0 Å². The molecule has 3 rings (SSSR count). The molecule has 0 fully saturated rings. The summed E-state index contributed by atoms with van der Waals surface area (Å²) in [7, 11) is -6.64. The number of benzene rings is 3. The first-order chi connectivity index (χ1) is 17.3. The molecule has 0 aliphatic carbocycles. The normalized spacial score (nSPS) is 11.8. The minimum absolute atomic E-state index is 0.0448. The Kier molecular flexibility index (Phi) is 8.85. The first-order valence-electron chi connectivity index (χ1n) is 11.2. The molecule has 0 spiro atoms. The van der Waals surface area contributed by atoms with Crippen LogP contribution in [0.2, 0.25) is 5.02 Å². The highest BCUT2D eigenvalue weighted by Crippen LogP contribution is 2.29. The summed E-state index contributed by atoms with van der Waals surface area (Å²) in [5.41, 5.74) is 1.16. The molecular formula is C25H28ClN3O6S2. The van der Waals surface area contributed by atoms with E-state index in [0.717, 1.165) is 9.87 Å². The van der Waals surface area contributed by atoms with Gasteiger partial charge in [-0.1, -0.05) is 23.7 Å². The van der Waals surface area contributed by atoms with Gasteiger partial charge in [0.2, 0.25) is 15.9 Å². The van der Waals surface area contributed by atoms with Gasteiger partial charge in [0.1, 0.15) is 12.3 Å². The SMILES string of the molecule is COc1ccc(S(=O)(=O)NC(C)C)cc1NC(=O)CN(c1cccc(C)c1)S(=O)(=O)c1ccc(Cl)cc1. The van der Waals surface area contributed by atoms with E-state index in [-0.39, 0.29) is 33.0 Å². The highest BCUT2D eigenvalue weighted by Gasteiger charge is 2.28. The zero-order chi connectivity index (χ0) is 27.4. The second-order valence-electron chi connectivity index (χ2n) is 8.49. The summed E-state index contributed by atoms with van der Waals surface area (Å²) < 4.78 is 61.1. The van der Waals surface area contributed by atoms with Crippen molar-refractivity contribution in [1.29, 1.82) is 0 Å². The van der Waals surface area contributed by atoms with Gasteiger partial charge in [0, 0.05) is 11.1 Å². The Balaban J connectivity index is 1.98. The molecule has 9 nitrogen and oxygen atoms in total. The Morgan fingerprint density at radius 1 is 0.973 bits per heavy atom. The topological polar surface area (TPSA) is 122 Å². The predicted molar refractivity (Wildman–Crippen MR) is 144 cm³/mol. The van der Waals surface area contributed by atoms with Crippen molar-refractivity contribution >= 4 is 48.9 Å². The number of rotatable bonds is 10. The van der Waals surface area contributed by atoms with Crippen LogP contribution in [0.3, 0.4) is 0 Å². The van der Waals surface area contributed by atoms with Gasteiger partial charge in [-0.2, -0.15) is 0 Å². The number of nitrogens with zero attached hydrogens (tertiary/aromatic N) is 1. The third kappa shape index (κ3) is 7.01. The van der Waals surface area contributed by atoms with Crippen molar-refractivity contribution in [2.45, 2.75) is 36.6 Å². The van der Waals surface area contributed by atoms with Crippen LogP contribution in [0.4, 0.5) is 11.4 Å². The van der Waals surface area contributed by atoms with Crippen LogP contribution in [0, 0.1) is 6.92 Å². The van der Waals surface area contributed by atoms with Gasteiger partial charge in [-0.3, -0.25) is 9.10 Å². The van der Waals surface area contributed by atoms with Gasteiger partial charge in [0.15, 0.2) is 0 Å². The molecule has 0 atom stereocenters. The molecule has 12 heteroatoms. The van der Waals surface area contributed by atoms with E-state index in [1.807, 2.05) is 0 Å². The number of carbonyl (C=O) groups excluding carboxylic acids is 1. The summed E-state index contributed by atoms with van der Waals surface area (Å²) >= 11 is 5.92. The summed E-state index contributed by atoms with van der Waals surface area (Å²) in [5.74, 6) is -0.497. The highest BCUT2D eigenvalue weighted by atomic mass is 35.5. The predicted octanol–water partition coefficient (Wildman–Crippen LogP) is 4.18. The molecule has 37 heavy (non-hydrogen) atoms. The van der Waals surface area contributed by atoms with Crippen LogP contribution in [0.25, 0.3) is 0 Å². The molecule has 3 aromatic carbocycles. The minimum atomic E-state index is -4.16. The Morgan fingerprint density at radius 3 is 2.22 bits per heavy atom. The molecule has 198 valence electrons. The smallest absolute Gasteiger partial charge is 0.264 e. The Morgan fingerprint density at radius 2 is 1.62 bits per heavy atom. The zero-order valence-corrected chi connectivity index (χ0v) is 23.1. The van der Waals surface area contributed by atoms with Crippen LogP contribution in [0.1, 0.15) is 19.4 Å². The number of amides is 1. The van der Waals surface area contributed by atoms with Crippen molar-refractivity contribution in [2.24, 2.45) is 0 Å². The summed E-state index contributed by atoms with van der Waals surface area (Å²) in [6, 6.07) is 16.0. The van der Waals surface area contributed by atoms with Crippen LogP contribution in [-0.4, -0.2) is 42.4 Å². The number of halogens is 1. The van der Waals surface area contributed by atoms with Crippen LogP contribution in [0.5, 0.6) is 5.75 Å². The van der Waals surface area contributed by atoms with Gasteiger partial charge in [-0.15, -0.1) is 0 Å². The molecule has 0 aliphatic heterocycles. The van der Waals surface area contributed by atoms with E-state index in [1.54, 1.807) is 45.0 Å². The van der Waals surface area contributed by atoms with Crippen LogP contribution < -0.4 is 19.1 Å². The first kappa shape index (κ1) is 28.5. The molecular weight excluding hydrogens is 538 g/mol. The van der Waals surface area contributed by atoms with Crippen molar-refractivity contribution in [3.8, 4) is 5.75 Å². The lowest BCUT2D eigenvalue weighted by Gasteiger charge is -2.24. The molecule has 0 saturated heterocycles. The fourth-order valence-electron chi connectivity index (χ4n) is 3.48. The fraction of sp³-hybridized carbons (Fsp3) is 0.240. The van der Waals surface area contributed by atoms with Gasteiger partial charge >= 0.3 is 0 Å². The average Bonchev–Trinajstić information content (AvgIpc) is 2.82. The molecule has 0 heterocycles. The number of methoxy groups -OCH3 is 1. The van der Waals surface area contributed by atoms with E-state index >= 15 is 0 Å². The molecule has 3 aromatic rings. The maximum atomic E-state index is 13.5. The lowest BCUT2D eigenvalue weighted by molar-refractivity contribution is -0.114. The number of sulfonamides is 2. The van der Waals surface area contributed by atoms with Crippen molar-refractivity contribution in [2.75, 3.05) is 23.3 Å². The third-order valence-electron chi connectivity index (χ3n) is 5.12. The standard InChI is InChI=1S/C25H28ClN3O6S2/c1-17(2)28-36(31,32)22-12-13-24(35-4)23(15-22)27-25(30)16-29(20-7-5-6-18(3)14-20)37(33,34)21-10-8-19(26)9-11-21/h5-15,17,28H,16H2,1-4H3,(H,27,30). The number of hydrogen-bond donors (Lipinski definition) is 2. The van der Waals surface area contributed by atoms with Crippen LogP contribution in [0.15, 0.2) is 76.5 Å². The van der Waals surface area contributed by atoms with Crippen molar-refractivity contribution in [3.63, 3.8) is 0 Å². The Bertz CT molecular complexity index is 1490. The second kappa shape index (κ2) is 11.5. The summed E-state index contributed by atoms with van der Waals surface area (Å²) in [6.45, 7) is 4.59. The van der Waals surface area contributed by atoms with E-state index < -0.39 is 32.5 Å². The summed E-state index contributed by atoms with van der Waals surface area (Å²) in [4.78, 5) is 13.0. The number of carbonyl (C=O) groups is 1. The lowest BCUT2D eigenvalue weighted by Crippen LogP contribution is -2.38. The zero-order valence-electron chi connectivity index (χ0n) is 20.7. The molecule has 0 aliphatic rings. The maximum absolute atomic E-state index is 13.5. The van der Waals surface area contributed by atoms with Gasteiger partial charge in [0.25, 0.3) is 10.0 Å². The largest absolute Gasteiger partial charge is 0.495 e. The number of hydrogen-bond acceptors (Lipinski definition) is 6. The number of anilines is 2. The van der Waals surface area contributed by atoms with Crippen LogP contribution in [-0.2, 0) is 24.8 Å². The van der Waals surface area contributed by atoms with Crippen molar-refractivity contribution < 1.29 is 26.4 Å². The molecule has 0 radical (unpaired) electrons. The van der Waals surface area contributed by atoms with Gasteiger partial charge in [-0.25, -0.2) is 21.6 Å². The van der Waals surface area contributed by atoms with Crippen LogP contribution >= 0.6 is 11.6 Å². The van der Waals surface area contributed by atoms with E-state index in [4.69, 9.17) is 16.3 Å². The van der Waals surface area contributed by atoms with E-state index in [1.165, 1.54) is 49.6 Å². The highest BCUT2D eigenvalue weighted by molar-refractivity contribution is 7.92. The monoisotopic (exact) mass is 565 g/mol. The van der Waals surface area contributed by atoms with Gasteiger partial charge in [0.05, 0.1) is 28.3 Å². The quantitative estimate of drug-likeness (QED) is 0.380. The fourth-order valence-corrected chi connectivity index (χ4v) is 6.30. The number of aryl methyl sites for hydroxylation is 1. The number of ether oxygens (including phenoxy) is 1. The first-order valence-corrected chi connectivity index (χ1v) is 14.5. The third-order valence-corrected chi connectivity index (χ3v) is 8.82. The molecule has 0 unspecified atom stereocenters. The second-order valence-corrected chi connectivity index (χ2v) is 12.5. The minimum Gasteiger partial charge on any atom is -0.495 e. The molecule has 0 saturated carbocycles. The average molecular weight is 566 g/mol.